The van der Waals surface area contributed by atoms with Gasteiger partial charge in [-0.2, -0.15) is 0 Å². The molecule has 35 heavy (non-hydrogen) atoms. The smallest absolute Gasteiger partial charge is 0.258 e. The van der Waals surface area contributed by atoms with Crippen molar-refractivity contribution in [3.8, 4) is 11.4 Å². The Labute approximate surface area is 203 Å². The number of nitrogens with one attached hydrogen (secondary N) is 1. The quantitative estimate of drug-likeness (QED) is 0.420. The Morgan fingerprint density at radius 2 is 2.06 bits per heavy atom. The highest BCUT2D eigenvalue weighted by atomic mass is 19.1. The van der Waals surface area contributed by atoms with Crippen molar-refractivity contribution in [3.05, 3.63) is 94.0 Å². The molecule has 2 atom stereocenters. The second-order valence-corrected chi connectivity index (χ2v) is 9.78. The lowest BCUT2D eigenvalue weighted by atomic mass is 9.94. The van der Waals surface area contributed by atoms with Crippen LogP contribution in [0, 0.1) is 17.8 Å². The molecule has 2 bridgehead atoms. The average molecular weight is 472 g/mol. The Morgan fingerprint density at radius 1 is 1.17 bits per heavy atom. The molecule has 180 valence electrons. The number of ether oxygens (including phenoxy) is 1. The fourth-order valence-corrected chi connectivity index (χ4v) is 5.63. The van der Waals surface area contributed by atoms with E-state index in [1.165, 1.54) is 47.7 Å². The average Bonchev–Trinajstić information content (AvgIpc) is 2.95. The van der Waals surface area contributed by atoms with Crippen LogP contribution in [-0.4, -0.2) is 20.7 Å². The first-order valence-corrected chi connectivity index (χ1v) is 12.2. The van der Waals surface area contributed by atoms with Crippen molar-refractivity contribution in [2.75, 3.05) is 6.54 Å². The Morgan fingerprint density at radius 3 is 2.77 bits per heavy atom. The van der Waals surface area contributed by atoms with Gasteiger partial charge in [0.05, 0.1) is 11.9 Å². The molecule has 3 aliphatic rings. The molecule has 0 spiro atoms. The number of aromatic nitrogens is 3. The van der Waals surface area contributed by atoms with Gasteiger partial charge in [0.2, 0.25) is 0 Å². The Bertz CT molecular complexity index is 1450. The van der Waals surface area contributed by atoms with Crippen LogP contribution in [0.25, 0.3) is 16.6 Å². The second-order valence-electron chi connectivity index (χ2n) is 9.78. The Kier molecular flexibility index (Phi) is 5.37. The van der Waals surface area contributed by atoms with E-state index >= 15 is 0 Å². The van der Waals surface area contributed by atoms with Crippen molar-refractivity contribution in [1.82, 2.24) is 19.4 Å². The van der Waals surface area contributed by atoms with Gasteiger partial charge in [-0.15, -0.1) is 6.04 Å². The van der Waals surface area contributed by atoms with Crippen molar-refractivity contribution in [2.45, 2.75) is 45.8 Å². The zero-order valence-electron chi connectivity index (χ0n) is 19.9. The van der Waals surface area contributed by atoms with Crippen molar-refractivity contribution in [3.63, 3.8) is 0 Å². The van der Waals surface area contributed by atoms with E-state index < -0.39 is 5.82 Å². The maximum absolute atomic E-state index is 13.0. The van der Waals surface area contributed by atoms with Gasteiger partial charge in [-0.3, -0.25) is 14.3 Å². The van der Waals surface area contributed by atoms with Gasteiger partial charge in [0.25, 0.3) is 5.56 Å². The summed E-state index contributed by atoms with van der Waals surface area (Å²) in [5, 5.41) is 5.02. The van der Waals surface area contributed by atoms with Crippen LogP contribution in [-0.2, 0) is 13.0 Å². The molecule has 1 aliphatic carbocycles. The third-order valence-corrected chi connectivity index (χ3v) is 7.23. The largest absolute Gasteiger partial charge is 0.487 e. The molecule has 0 saturated carbocycles. The summed E-state index contributed by atoms with van der Waals surface area (Å²) in [4.78, 5) is 17.0. The number of fused-ring (bicyclic) bond motifs is 3. The fourth-order valence-electron chi connectivity index (χ4n) is 5.63. The molecule has 5 heterocycles. The van der Waals surface area contributed by atoms with Crippen LogP contribution in [0.1, 0.15) is 49.7 Å². The molecule has 1 aromatic carbocycles. The molecule has 7 heteroatoms. The van der Waals surface area contributed by atoms with Crippen molar-refractivity contribution < 1.29 is 9.13 Å². The third kappa shape index (κ3) is 3.90. The van der Waals surface area contributed by atoms with Gasteiger partial charge in [-0.05, 0) is 49.6 Å². The van der Waals surface area contributed by atoms with Crippen LogP contribution in [0.5, 0.6) is 5.75 Å². The fraction of sp³-hybridized carbons (Fsp3) is 0.321. The lowest BCUT2D eigenvalue weighted by Gasteiger charge is -2.28. The van der Waals surface area contributed by atoms with E-state index in [1.807, 2.05) is 6.07 Å². The highest BCUT2D eigenvalue weighted by molar-refractivity contribution is 5.88. The topological polar surface area (TPSA) is 61.1 Å². The molecule has 2 aliphatic heterocycles. The zero-order valence-corrected chi connectivity index (χ0v) is 19.9. The molecule has 4 aromatic rings. The maximum Gasteiger partial charge on any atom is 0.258 e. The minimum absolute atomic E-state index is 0.163. The number of halogens is 1. The number of hydrogen-bond donors (Lipinski definition) is 1. The maximum atomic E-state index is 13.0. The minimum Gasteiger partial charge on any atom is -0.487 e. The molecule has 0 radical (unpaired) electrons. The summed E-state index contributed by atoms with van der Waals surface area (Å²) in [5.74, 6) is 0.735. The number of nitrogens with zero attached hydrogens (tertiary/aromatic N) is 3. The van der Waals surface area contributed by atoms with Crippen LogP contribution in [0.2, 0.25) is 0 Å². The molecule has 1 fully saturated rings. The molecular formula is C28H28FN4O2-. The van der Waals surface area contributed by atoms with Gasteiger partial charge >= 0.3 is 0 Å². The first kappa shape index (κ1) is 21.9. The van der Waals surface area contributed by atoms with E-state index in [-0.39, 0.29) is 12.2 Å². The van der Waals surface area contributed by atoms with Gasteiger partial charge in [-0.25, -0.2) is 4.39 Å². The summed E-state index contributed by atoms with van der Waals surface area (Å²) < 4.78 is 22.8. The van der Waals surface area contributed by atoms with Gasteiger partial charge in [-0.1, -0.05) is 54.6 Å². The van der Waals surface area contributed by atoms with Crippen LogP contribution in [0.15, 0.2) is 59.7 Å². The van der Waals surface area contributed by atoms with E-state index in [1.54, 1.807) is 22.9 Å². The van der Waals surface area contributed by atoms with Gasteiger partial charge < -0.3 is 14.6 Å². The van der Waals surface area contributed by atoms with E-state index in [0.717, 1.165) is 30.4 Å². The van der Waals surface area contributed by atoms with E-state index in [0.29, 0.717) is 23.4 Å². The molecule has 1 saturated heterocycles. The Hall–Kier alpha value is -3.58. The number of benzene rings is 1. The van der Waals surface area contributed by atoms with Gasteiger partial charge in [0, 0.05) is 24.0 Å². The molecule has 1 N–H and O–H groups in total. The lowest BCUT2D eigenvalue weighted by molar-refractivity contribution is 0.300. The molecule has 0 amide bonds. The van der Waals surface area contributed by atoms with Crippen LogP contribution in [0.3, 0.4) is 0 Å². The number of hydrogen-bond acceptors (Lipinski definition) is 4. The summed E-state index contributed by atoms with van der Waals surface area (Å²) in [6, 6.07) is 14.1. The number of rotatable bonds is 5. The first-order valence-electron chi connectivity index (χ1n) is 12.2. The monoisotopic (exact) mass is 471 g/mol. The zero-order chi connectivity index (χ0) is 24.1. The van der Waals surface area contributed by atoms with E-state index in [2.05, 4.69) is 40.8 Å². The van der Waals surface area contributed by atoms with Crippen molar-refractivity contribution in [1.29, 1.82) is 0 Å². The predicted octanol–water partition coefficient (Wildman–Crippen LogP) is 4.92. The molecule has 2 unspecified atom stereocenters. The summed E-state index contributed by atoms with van der Waals surface area (Å²) in [6.07, 6.45) is 6.42. The van der Waals surface area contributed by atoms with Gasteiger partial charge in [0.15, 0.2) is 0 Å². The number of piperidine rings is 1. The summed E-state index contributed by atoms with van der Waals surface area (Å²) in [7, 11) is 0. The Balaban J connectivity index is 1.34. The lowest BCUT2D eigenvalue weighted by Crippen LogP contribution is -2.30. The SMILES string of the molecule is C[C-](C)n1c2c(c3ccc(-n4ccc(OCc5ccc(F)cn5)cc4=O)cc31)C1CCC(CN1)C2. The summed E-state index contributed by atoms with van der Waals surface area (Å²) >= 11 is 0. The molecular weight excluding hydrogens is 443 g/mol. The van der Waals surface area contributed by atoms with E-state index in [9.17, 15) is 9.18 Å². The summed E-state index contributed by atoms with van der Waals surface area (Å²) in [6.45, 7) is 5.56. The molecule has 7 rings (SSSR count). The van der Waals surface area contributed by atoms with Crippen molar-refractivity contribution in [2.24, 2.45) is 5.92 Å². The highest BCUT2D eigenvalue weighted by Gasteiger charge is 2.29. The van der Waals surface area contributed by atoms with Crippen LogP contribution in [0.4, 0.5) is 4.39 Å². The molecule has 6 nitrogen and oxygen atoms in total. The van der Waals surface area contributed by atoms with Gasteiger partial charge in [0.1, 0.15) is 18.2 Å². The normalized spacial score (nSPS) is 18.9. The number of pyridine rings is 2. The summed E-state index contributed by atoms with van der Waals surface area (Å²) in [5.41, 5.74) is 5.24. The third-order valence-electron chi connectivity index (χ3n) is 7.23. The standard InChI is InChI=1S/C28H28FN4O2/c1-17(2)33-25-12-21(6-7-23(25)28-24-8-3-18(14-31-24)11-26(28)33)32-10-9-22(13-27(32)34)35-16-20-5-4-19(29)15-30-20/h4-7,9-10,12-13,15,18,24,31H,3,8,11,14,16H2,1-2H3/q-1. The first-order chi connectivity index (χ1) is 17.0. The highest BCUT2D eigenvalue weighted by Crippen LogP contribution is 2.42. The van der Waals surface area contributed by atoms with E-state index in [4.69, 9.17) is 4.74 Å². The molecule has 3 aromatic heterocycles. The second kappa shape index (κ2) is 8.57. The van der Waals surface area contributed by atoms with Crippen LogP contribution >= 0.6 is 0 Å². The van der Waals surface area contributed by atoms with Crippen molar-refractivity contribution >= 4 is 10.9 Å². The minimum atomic E-state index is -0.393. The van der Waals surface area contributed by atoms with Crippen LogP contribution < -0.4 is 15.6 Å². The predicted molar refractivity (Wildman–Crippen MR) is 133 cm³/mol.